The zero-order valence-corrected chi connectivity index (χ0v) is 25.0. The Hall–Kier alpha value is -4.45. The summed E-state index contributed by atoms with van der Waals surface area (Å²) in [4.78, 5) is 33.7. The van der Waals surface area contributed by atoms with Gasteiger partial charge in [-0.3, -0.25) is 14.3 Å². The maximum absolute atomic E-state index is 14.4. The fraction of sp³-hybridized carbons (Fsp3) is 0.400. The number of primary amides is 1. The molecule has 1 unspecified atom stereocenters. The number of nitrogens with two attached hydrogens (primary N) is 1. The average Bonchev–Trinajstić information content (AvgIpc) is 3.47. The zero-order chi connectivity index (χ0) is 30.8. The Morgan fingerprint density at radius 3 is 2.60 bits per heavy atom. The number of fused-ring (bicyclic) bond motifs is 1. The number of nitrogens with zero attached hydrogens (tertiary/aromatic N) is 5. The average molecular weight is 581 g/mol. The number of amides is 2. The molecule has 1 aromatic carbocycles. The lowest BCUT2D eigenvalue weighted by Crippen LogP contribution is -2.27. The minimum absolute atomic E-state index is 0.0974. The molecule has 2 N–H and O–H groups in total. The predicted molar refractivity (Wildman–Crippen MR) is 155 cm³/mol. The quantitative estimate of drug-likeness (QED) is 0.270. The fourth-order valence-electron chi connectivity index (χ4n) is 4.83. The number of rotatable bonds is 10. The number of benzene rings is 1. The summed E-state index contributed by atoms with van der Waals surface area (Å²) in [5, 5.41) is 5.47. The van der Waals surface area contributed by atoms with Crippen LogP contribution in [-0.2, 0) is 23.0 Å². The monoisotopic (exact) mass is 580 g/mol. The number of hydrogen-bond acceptors (Lipinski definition) is 7. The van der Waals surface area contributed by atoms with Gasteiger partial charge in [0.05, 0.1) is 13.7 Å². The number of aryl methyl sites for hydroxylation is 1. The van der Waals surface area contributed by atoms with Crippen molar-refractivity contribution in [2.45, 2.75) is 40.0 Å². The van der Waals surface area contributed by atoms with E-state index in [1.54, 1.807) is 24.0 Å². The van der Waals surface area contributed by atoms with Gasteiger partial charge in [-0.25, -0.2) is 19.2 Å². The highest BCUT2D eigenvalue weighted by Gasteiger charge is 2.30. The van der Waals surface area contributed by atoms with Gasteiger partial charge in [0, 0.05) is 73.0 Å². The van der Waals surface area contributed by atoms with Crippen molar-refractivity contribution in [2.75, 3.05) is 27.4 Å². The van der Waals surface area contributed by atoms with E-state index in [1.165, 1.54) is 26.3 Å². The second-order valence-electron chi connectivity index (χ2n) is 11.1. The van der Waals surface area contributed by atoms with E-state index in [9.17, 15) is 14.0 Å². The van der Waals surface area contributed by atoms with Crippen LogP contribution in [0, 0.1) is 18.2 Å². The molecule has 224 valence electrons. The fourth-order valence-corrected chi connectivity index (χ4v) is 4.83. The summed E-state index contributed by atoms with van der Waals surface area (Å²) in [5.74, 6) is -0.661. The van der Waals surface area contributed by atoms with Crippen molar-refractivity contribution in [1.82, 2.24) is 24.2 Å². The molecular weight excluding hydrogens is 543 g/mol. The Morgan fingerprint density at radius 2 is 1.93 bits per heavy atom. The van der Waals surface area contributed by atoms with Gasteiger partial charge in [0.2, 0.25) is 0 Å². The molecule has 0 bridgehead atoms. The molecule has 0 aliphatic heterocycles. The number of carbonyl (C=O) groups excluding carboxylic acids is 2. The summed E-state index contributed by atoms with van der Waals surface area (Å²) in [6.07, 6.45) is 3.20. The molecule has 0 fully saturated rings. The first-order valence-electron chi connectivity index (χ1n) is 13.5. The first kappa shape index (κ1) is 30.5. The molecule has 42 heavy (non-hydrogen) atoms. The van der Waals surface area contributed by atoms with Crippen molar-refractivity contribution in [1.29, 1.82) is 0 Å². The number of imidazole rings is 1. The van der Waals surface area contributed by atoms with Crippen molar-refractivity contribution in [3.8, 4) is 16.9 Å². The largest absolute Gasteiger partial charge is 0.492 e. The topological polar surface area (TPSA) is 126 Å². The molecule has 4 aromatic rings. The lowest BCUT2D eigenvalue weighted by Gasteiger charge is -2.29. The lowest BCUT2D eigenvalue weighted by molar-refractivity contribution is -0.0761. The molecule has 3 aromatic heterocycles. The highest BCUT2D eigenvalue weighted by Crippen LogP contribution is 2.37. The smallest absolute Gasteiger partial charge is 0.404 e. The Balaban J connectivity index is 1.65. The van der Waals surface area contributed by atoms with Gasteiger partial charge in [-0.1, -0.05) is 20.8 Å². The summed E-state index contributed by atoms with van der Waals surface area (Å²) in [6, 6.07) is 8.14. The van der Waals surface area contributed by atoms with Gasteiger partial charge < -0.3 is 19.6 Å². The van der Waals surface area contributed by atoms with E-state index >= 15 is 0 Å². The molecule has 0 saturated heterocycles. The molecule has 1 atom stereocenters. The minimum Gasteiger partial charge on any atom is -0.492 e. The molecule has 0 saturated carbocycles. The van der Waals surface area contributed by atoms with Crippen molar-refractivity contribution < 1.29 is 28.3 Å². The predicted octanol–water partition coefficient (Wildman–Crippen LogP) is 4.66. The molecule has 0 spiro atoms. The van der Waals surface area contributed by atoms with Gasteiger partial charge in [-0.05, 0) is 36.6 Å². The van der Waals surface area contributed by atoms with Gasteiger partial charge in [-0.15, -0.1) is 0 Å². The van der Waals surface area contributed by atoms with Crippen molar-refractivity contribution in [3.63, 3.8) is 0 Å². The van der Waals surface area contributed by atoms with Crippen LogP contribution >= 0.6 is 0 Å². The lowest BCUT2D eigenvalue weighted by atomic mass is 9.79. The van der Waals surface area contributed by atoms with Crippen LogP contribution in [0.2, 0.25) is 0 Å². The summed E-state index contributed by atoms with van der Waals surface area (Å²) in [6.45, 7) is 8.29. The number of ether oxygens (including phenoxy) is 2. The van der Waals surface area contributed by atoms with Gasteiger partial charge in [0.1, 0.15) is 23.8 Å². The number of hydrogen-bond donors (Lipinski definition) is 1. The number of hydroxylamine groups is 2. The SMILES string of the molecule is CON(C)C(=O)c1nn(C)c(C)c1CCOc1cc(F)ccc1-c1ccc2ncc(C(COC(N)=O)C(C)(C)C)n2c1. The Labute approximate surface area is 243 Å². The zero-order valence-electron chi connectivity index (χ0n) is 25.0. The van der Waals surface area contributed by atoms with Crippen LogP contribution in [0.15, 0.2) is 42.7 Å². The minimum atomic E-state index is -0.837. The molecule has 3 heterocycles. The van der Waals surface area contributed by atoms with Crippen LogP contribution in [0.4, 0.5) is 9.18 Å². The van der Waals surface area contributed by atoms with E-state index in [0.29, 0.717) is 23.4 Å². The first-order valence-corrected chi connectivity index (χ1v) is 13.5. The Bertz CT molecular complexity index is 1610. The second kappa shape index (κ2) is 12.2. The van der Waals surface area contributed by atoms with Crippen LogP contribution in [0.1, 0.15) is 54.1 Å². The van der Waals surface area contributed by atoms with Crippen LogP contribution in [0.25, 0.3) is 16.8 Å². The third-order valence-corrected chi connectivity index (χ3v) is 7.41. The third-order valence-electron chi connectivity index (χ3n) is 7.41. The molecule has 0 aliphatic rings. The van der Waals surface area contributed by atoms with Gasteiger partial charge in [0.25, 0.3) is 5.91 Å². The van der Waals surface area contributed by atoms with Crippen molar-refractivity contribution in [3.05, 3.63) is 71.2 Å². The highest BCUT2D eigenvalue weighted by molar-refractivity contribution is 5.93. The molecule has 2 amide bonds. The number of pyridine rings is 1. The number of carbonyl (C=O) groups is 2. The van der Waals surface area contributed by atoms with Crippen molar-refractivity contribution in [2.24, 2.45) is 18.2 Å². The third kappa shape index (κ3) is 6.38. The highest BCUT2D eigenvalue weighted by atomic mass is 19.1. The normalized spacial score (nSPS) is 12.4. The van der Waals surface area contributed by atoms with Crippen LogP contribution in [0.5, 0.6) is 5.75 Å². The molecule has 11 nitrogen and oxygen atoms in total. The van der Waals surface area contributed by atoms with Crippen LogP contribution in [-0.4, -0.2) is 63.6 Å². The van der Waals surface area contributed by atoms with Gasteiger partial charge in [-0.2, -0.15) is 5.10 Å². The van der Waals surface area contributed by atoms with E-state index in [2.05, 4.69) is 10.1 Å². The summed E-state index contributed by atoms with van der Waals surface area (Å²) in [5.41, 5.74) is 9.79. The van der Waals surface area contributed by atoms with E-state index < -0.39 is 11.9 Å². The van der Waals surface area contributed by atoms with E-state index in [-0.39, 0.29) is 36.1 Å². The maximum Gasteiger partial charge on any atom is 0.404 e. The Morgan fingerprint density at radius 1 is 1.19 bits per heavy atom. The first-order chi connectivity index (χ1) is 19.8. The maximum atomic E-state index is 14.4. The van der Waals surface area contributed by atoms with Crippen LogP contribution in [0.3, 0.4) is 0 Å². The van der Waals surface area contributed by atoms with E-state index in [1.807, 2.05) is 50.4 Å². The van der Waals surface area contributed by atoms with Gasteiger partial charge >= 0.3 is 6.09 Å². The van der Waals surface area contributed by atoms with Gasteiger partial charge in [0.15, 0.2) is 5.69 Å². The van der Waals surface area contributed by atoms with Crippen molar-refractivity contribution >= 4 is 17.6 Å². The standard InChI is InChI=1S/C30H37FN6O5/c1-18-21(27(34-35(18)5)28(38)36(6)40-7)12-13-41-25-14-20(31)9-10-22(25)19-8-11-26-33-15-24(37(26)16-19)23(30(2,3)4)17-42-29(32)39/h8-11,14-16,23H,12-13,17H2,1-7H3,(H2,32,39). The molecule has 12 heteroatoms. The number of halogens is 1. The molecule has 4 rings (SSSR count). The summed E-state index contributed by atoms with van der Waals surface area (Å²) < 4.78 is 29.3. The second-order valence-corrected chi connectivity index (χ2v) is 11.1. The summed E-state index contributed by atoms with van der Waals surface area (Å²) in [7, 11) is 4.69. The van der Waals surface area contributed by atoms with E-state index in [0.717, 1.165) is 27.6 Å². The molecule has 0 aliphatic carbocycles. The summed E-state index contributed by atoms with van der Waals surface area (Å²) >= 11 is 0. The van der Waals surface area contributed by atoms with E-state index in [4.69, 9.17) is 20.0 Å². The molecular formula is C30H37FN6O5. The molecule has 0 radical (unpaired) electrons. The number of aromatic nitrogens is 4. The Kier molecular flexibility index (Phi) is 8.86. The van der Waals surface area contributed by atoms with Crippen LogP contribution < -0.4 is 10.5 Å².